The molecule has 0 radical (unpaired) electrons. The molecular weight excluding hydrogens is 250 g/mol. The average molecular weight is 277 g/mol. The highest BCUT2D eigenvalue weighted by Crippen LogP contribution is 2.25. The predicted molar refractivity (Wildman–Crippen MR) is 87.2 cm³/mol. The van der Waals surface area contributed by atoms with Crippen LogP contribution in [0, 0.1) is 6.92 Å². The van der Waals surface area contributed by atoms with Gasteiger partial charge in [0.2, 0.25) is 0 Å². The minimum Gasteiger partial charge on any atom is -0.313 e. The lowest BCUT2D eigenvalue weighted by molar-refractivity contribution is 0.544. The summed E-state index contributed by atoms with van der Waals surface area (Å²) in [5.41, 5.74) is 2.91. The van der Waals surface area contributed by atoms with Gasteiger partial charge in [0.1, 0.15) is 0 Å². The molecule has 1 N–H and O–H groups in total. The van der Waals surface area contributed by atoms with Crippen molar-refractivity contribution in [3.8, 4) is 0 Å². The first kappa shape index (κ1) is 14.9. The van der Waals surface area contributed by atoms with Crippen molar-refractivity contribution >= 4 is 11.8 Å². The van der Waals surface area contributed by atoms with Crippen molar-refractivity contribution in [2.24, 2.45) is 0 Å². The smallest absolute Gasteiger partial charge is 0.00684 e. The minimum absolute atomic E-state index is 0.693. The van der Waals surface area contributed by atoms with Crippen LogP contribution in [-0.2, 0) is 0 Å². The lowest BCUT2D eigenvalue weighted by Gasteiger charge is -2.18. The fourth-order valence-corrected chi connectivity index (χ4v) is 3.14. The SMILES string of the molecule is CCSCCCC(CNC1CC1)c1cccc(C)c1. The lowest BCUT2D eigenvalue weighted by atomic mass is 9.93. The summed E-state index contributed by atoms with van der Waals surface area (Å²) in [7, 11) is 0. The van der Waals surface area contributed by atoms with E-state index >= 15 is 0 Å². The van der Waals surface area contributed by atoms with Gasteiger partial charge in [0.25, 0.3) is 0 Å². The number of aryl methyl sites for hydroxylation is 1. The number of hydrogen-bond donors (Lipinski definition) is 1. The van der Waals surface area contributed by atoms with Gasteiger partial charge in [0, 0.05) is 12.6 Å². The standard InChI is InChI=1S/C17H27NS/c1-3-19-11-5-8-16(13-18-17-9-10-17)15-7-4-6-14(2)12-15/h4,6-7,12,16-18H,3,5,8-11,13H2,1-2H3. The molecule has 0 aliphatic heterocycles. The van der Waals surface area contributed by atoms with E-state index in [2.05, 4.69) is 55.2 Å². The van der Waals surface area contributed by atoms with E-state index in [1.807, 2.05) is 0 Å². The van der Waals surface area contributed by atoms with E-state index in [9.17, 15) is 0 Å². The monoisotopic (exact) mass is 277 g/mol. The summed E-state index contributed by atoms with van der Waals surface area (Å²) in [6.07, 6.45) is 5.41. The van der Waals surface area contributed by atoms with Crippen LogP contribution >= 0.6 is 11.8 Å². The van der Waals surface area contributed by atoms with E-state index in [1.54, 1.807) is 0 Å². The average Bonchev–Trinajstić information content (AvgIpc) is 3.22. The molecular formula is C17H27NS. The summed E-state index contributed by atoms with van der Waals surface area (Å²) in [5.74, 6) is 3.25. The molecule has 0 spiro atoms. The summed E-state index contributed by atoms with van der Waals surface area (Å²) < 4.78 is 0. The molecule has 1 nitrogen and oxygen atoms in total. The number of benzene rings is 1. The van der Waals surface area contributed by atoms with E-state index in [4.69, 9.17) is 0 Å². The molecule has 1 aromatic carbocycles. The van der Waals surface area contributed by atoms with Crippen LogP contribution in [0.4, 0.5) is 0 Å². The van der Waals surface area contributed by atoms with Gasteiger partial charge >= 0.3 is 0 Å². The molecule has 0 saturated heterocycles. The molecule has 1 saturated carbocycles. The van der Waals surface area contributed by atoms with Crippen molar-refractivity contribution < 1.29 is 0 Å². The Morgan fingerprint density at radius 1 is 1.37 bits per heavy atom. The van der Waals surface area contributed by atoms with Gasteiger partial charge in [-0.05, 0) is 55.6 Å². The molecule has 1 aliphatic carbocycles. The molecule has 1 unspecified atom stereocenters. The number of hydrogen-bond acceptors (Lipinski definition) is 2. The van der Waals surface area contributed by atoms with Crippen molar-refractivity contribution in [2.75, 3.05) is 18.1 Å². The zero-order valence-electron chi connectivity index (χ0n) is 12.3. The Morgan fingerprint density at radius 3 is 2.89 bits per heavy atom. The van der Waals surface area contributed by atoms with Crippen LogP contribution in [0.1, 0.15) is 49.7 Å². The van der Waals surface area contributed by atoms with Gasteiger partial charge in [-0.2, -0.15) is 11.8 Å². The Balaban J connectivity index is 1.87. The first-order valence-corrected chi connectivity index (χ1v) is 8.82. The van der Waals surface area contributed by atoms with Crippen LogP contribution in [0.3, 0.4) is 0 Å². The van der Waals surface area contributed by atoms with Gasteiger partial charge in [0.15, 0.2) is 0 Å². The summed E-state index contributed by atoms with van der Waals surface area (Å²) >= 11 is 2.06. The fourth-order valence-electron chi connectivity index (χ4n) is 2.48. The Labute approximate surface area is 122 Å². The summed E-state index contributed by atoms with van der Waals surface area (Å²) in [6.45, 7) is 5.60. The van der Waals surface area contributed by atoms with Gasteiger partial charge in [-0.15, -0.1) is 0 Å². The van der Waals surface area contributed by atoms with Crippen LogP contribution in [0.15, 0.2) is 24.3 Å². The quantitative estimate of drug-likeness (QED) is 0.673. The van der Waals surface area contributed by atoms with Gasteiger partial charge < -0.3 is 5.32 Å². The van der Waals surface area contributed by atoms with Crippen LogP contribution in [-0.4, -0.2) is 24.1 Å². The number of rotatable bonds is 9. The largest absolute Gasteiger partial charge is 0.313 e. The molecule has 2 rings (SSSR count). The van der Waals surface area contributed by atoms with Crippen LogP contribution in [0.5, 0.6) is 0 Å². The molecule has 106 valence electrons. The summed E-state index contributed by atoms with van der Waals surface area (Å²) in [6, 6.07) is 9.89. The fraction of sp³-hybridized carbons (Fsp3) is 0.647. The van der Waals surface area contributed by atoms with E-state index in [-0.39, 0.29) is 0 Å². The van der Waals surface area contributed by atoms with Gasteiger partial charge in [-0.25, -0.2) is 0 Å². The van der Waals surface area contributed by atoms with E-state index < -0.39 is 0 Å². The summed E-state index contributed by atoms with van der Waals surface area (Å²) in [5, 5.41) is 3.71. The molecule has 0 bridgehead atoms. The first-order chi connectivity index (χ1) is 9.29. The van der Waals surface area contributed by atoms with E-state index in [0.717, 1.165) is 12.6 Å². The topological polar surface area (TPSA) is 12.0 Å². The second kappa shape index (κ2) is 7.96. The maximum absolute atomic E-state index is 3.71. The molecule has 0 heterocycles. The Morgan fingerprint density at radius 2 is 2.21 bits per heavy atom. The Hall–Kier alpha value is -0.470. The van der Waals surface area contributed by atoms with Gasteiger partial charge in [-0.3, -0.25) is 0 Å². The molecule has 19 heavy (non-hydrogen) atoms. The molecule has 1 atom stereocenters. The normalized spacial score (nSPS) is 16.5. The second-order valence-electron chi connectivity index (χ2n) is 5.63. The molecule has 1 fully saturated rings. The number of thioether (sulfide) groups is 1. The maximum atomic E-state index is 3.71. The zero-order valence-corrected chi connectivity index (χ0v) is 13.1. The van der Waals surface area contributed by atoms with Crippen molar-refractivity contribution in [1.82, 2.24) is 5.32 Å². The van der Waals surface area contributed by atoms with E-state index in [1.165, 1.54) is 48.3 Å². The van der Waals surface area contributed by atoms with Crippen molar-refractivity contribution in [1.29, 1.82) is 0 Å². The molecule has 1 aliphatic rings. The molecule has 2 heteroatoms. The van der Waals surface area contributed by atoms with Crippen molar-refractivity contribution in [3.63, 3.8) is 0 Å². The summed E-state index contributed by atoms with van der Waals surface area (Å²) in [4.78, 5) is 0. The second-order valence-corrected chi connectivity index (χ2v) is 7.03. The molecule has 0 amide bonds. The van der Waals surface area contributed by atoms with Crippen LogP contribution < -0.4 is 5.32 Å². The Bertz CT molecular complexity index is 373. The third-order valence-electron chi connectivity index (χ3n) is 3.79. The molecule has 1 aromatic rings. The highest BCUT2D eigenvalue weighted by atomic mass is 32.2. The first-order valence-electron chi connectivity index (χ1n) is 7.67. The molecule has 0 aromatic heterocycles. The van der Waals surface area contributed by atoms with Crippen molar-refractivity contribution in [3.05, 3.63) is 35.4 Å². The van der Waals surface area contributed by atoms with Crippen LogP contribution in [0.25, 0.3) is 0 Å². The highest BCUT2D eigenvalue weighted by molar-refractivity contribution is 7.99. The van der Waals surface area contributed by atoms with Crippen LogP contribution in [0.2, 0.25) is 0 Å². The van der Waals surface area contributed by atoms with Gasteiger partial charge in [0.05, 0.1) is 0 Å². The highest BCUT2D eigenvalue weighted by Gasteiger charge is 2.22. The predicted octanol–water partition coefficient (Wildman–Crippen LogP) is 4.36. The van der Waals surface area contributed by atoms with Gasteiger partial charge in [-0.1, -0.05) is 36.8 Å². The minimum atomic E-state index is 0.693. The zero-order chi connectivity index (χ0) is 13.5. The third kappa shape index (κ3) is 5.58. The Kier molecular flexibility index (Phi) is 6.25. The van der Waals surface area contributed by atoms with Crippen molar-refractivity contribution in [2.45, 2.75) is 51.5 Å². The maximum Gasteiger partial charge on any atom is 0.00684 e. The third-order valence-corrected chi connectivity index (χ3v) is 4.77. The van der Waals surface area contributed by atoms with E-state index in [0.29, 0.717) is 5.92 Å². The lowest BCUT2D eigenvalue weighted by Crippen LogP contribution is -2.23. The number of nitrogens with one attached hydrogen (secondary N) is 1.